The Bertz CT molecular complexity index is 585. The first-order valence-corrected chi connectivity index (χ1v) is 6.95. The van der Waals surface area contributed by atoms with Gasteiger partial charge in [0.05, 0.1) is 5.92 Å². The number of anilines is 1. The first-order valence-electron chi connectivity index (χ1n) is 6.95. The topological polar surface area (TPSA) is 73.9 Å². The lowest BCUT2D eigenvalue weighted by molar-refractivity contribution is -0.154. The summed E-state index contributed by atoms with van der Waals surface area (Å²) in [5, 5.41) is 2.70. The van der Waals surface area contributed by atoms with Gasteiger partial charge in [0.25, 0.3) is 5.91 Å². The molecule has 2 aliphatic rings. The van der Waals surface area contributed by atoms with Crippen LogP contribution in [0.2, 0.25) is 0 Å². The van der Waals surface area contributed by atoms with Gasteiger partial charge in [-0.15, -0.1) is 0 Å². The van der Waals surface area contributed by atoms with Crippen molar-refractivity contribution in [3.63, 3.8) is 0 Å². The van der Waals surface area contributed by atoms with Gasteiger partial charge in [-0.05, 0) is 31.4 Å². The summed E-state index contributed by atoms with van der Waals surface area (Å²) in [6, 6.07) is 5.11. The van der Waals surface area contributed by atoms with Crippen molar-refractivity contribution in [3.8, 4) is 11.5 Å². The van der Waals surface area contributed by atoms with E-state index in [1.165, 1.54) is 0 Å². The maximum atomic E-state index is 12.0. The van der Waals surface area contributed by atoms with Gasteiger partial charge < -0.3 is 19.5 Å². The number of carbonyl (C=O) groups excluding carboxylic acids is 2. The highest BCUT2D eigenvalue weighted by atomic mass is 16.7. The summed E-state index contributed by atoms with van der Waals surface area (Å²) in [7, 11) is 0. The SMILES string of the molecule is C[C@H](OC(=O)[C@H]1C[C@H]1C)C(=O)Nc1ccc2c(c1)OCO2. The third-order valence-corrected chi connectivity index (χ3v) is 3.71. The zero-order chi connectivity index (χ0) is 15.0. The molecule has 0 radical (unpaired) electrons. The van der Waals surface area contributed by atoms with Gasteiger partial charge in [0.1, 0.15) is 0 Å². The van der Waals surface area contributed by atoms with E-state index in [9.17, 15) is 9.59 Å². The van der Waals surface area contributed by atoms with Gasteiger partial charge in [0.15, 0.2) is 17.6 Å². The number of esters is 1. The number of amides is 1. The summed E-state index contributed by atoms with van der Waals surface area (Å²) >= 11 is 0. The second-order valence-corrected chi connectivity index (χ2v) is 5.46. The molecule has 0 aromatic heterocycles. The quantitative estimate of drug-likeness (QED) is 0.858. The molecule has 3 rings (SSSR count). The number of carbonyl (C=O) groups is 2. The Hall–Kier alpha value is -2.24. The van der Waals surface area contributed by atoms with Gasteiger partial charge in [0.2, 0.25) is 6.79 Å². The molecule has 0 unspecified atom stereocenters. The predicted octanol–water partition coefficient (Wildman–Crippen LogP) is 1.94. The predicted molar refractivity (Wildman–Crippen MR) is 74.0 cm³/mol. The van der Waals surface area contributed by atoms with Crippen LogP contribution < -0.4 is 14.8 Å². The van der Waals surface area contributed by atoms with Crippen LogP contribution in [0.4, 0.5) is 5.69 Å². The molecule has 1 aromatic rings. The molecule has 0 saturated heterocycles. The standard InChI is InChI=1S/C15H17NO5/c1-8-5-11(8)15(18)21-9(2)14(17)16-10-3-4-12-13(6-10)20-7-19-12/h3-4,6,8-9,11H,5,7H2,1-2H3,(H,16,17)/t8-,9+,11+/m1/s1. The van der Waals surface area contributed by atoms with E-state index < -0.39 is 6.10 Å². The Kier molecular flexibility index (Phi) is 3.45. The monoisotopic (exact) mass is 291 g/mol. The fourth-order valence-electron chi connectivity index (χ4n) is 2.18. The van der Waals surface area contributed by atoms with Crippen LogP contribution in [0.25, 0.3) is 0 Å². The average Bonchev–Trinajstić information content (AvgIpc) is 3.00. The lowest BCUT2D eigenvalue weighted by Gasteiger charge is -2.13. The summed E-state index contributed by atoms with van der Waals surface area (Å²) in [6.45, 7) is 3.73. The van der Waals surface area contributed by atoms with Gasteiger partial charge >= 0.3 is 5.97 Å². The van der Waals surface area contributed by atoms with Crippen LogP contribution in [-0.4, -0.2) is 24.8 Å². The van der Waals surface area contributed by atoms with Gasteiger partial charge in [-0.2, -0.15) is 0 Å². The summed E-state index contributed by atoms with van der Waals surface area (Å²) in [5.41, 5.74) is 0.576. The van der Waals surface area contributed by atoms with Crippen LogP contribution in [0.5, 0.6) is 11.5 Å². The van der Waals surface area contributed by atoms with Gasteiger partial charge in [-0.1, -0.05) is 6.92 Å². The van der Waals surface area contributed by atoms with Gasteiger partial charge in [0, 0.05) is 11.8 Å². The highest BCUT2D eigenvalue weighted by Crippen LogP contribution is 2.39. The molecule has 6 nitrogen and oxygen atoms in total. The molecule has 1 aliphatic carbocycles. The Labute approximate surface area is 122 Å². The van der Waals surface area contributed by atoms with Crippen molar-refractivity contribution >= 4 is 17.6 Å². The molecular formula is C15H17NO5. The first kappa shape index (κ1) is 13.7. The molecule has 1 amide bonds. The normalized spacial score (nSPS) is 23.3. The minimum absolute atomic E-state index is 0.0502. The minimum atomic E-state index is -0.823. The molecule has 1 saturated carbocycles. The maximum Gasteiger partial charge on any atom is 0.309 e. The Balaban J connectivity index is 1.56. The molecule has 1 heterocycles. The van der Waals surface area contributed by atoms with E-state index in [4.69, 9.17) is 14.2 Å². The molecule has 1 N–H and O–H groups in total. The van der Waals surface area contributed by atoms with Gasteiger partial charge in [-0.25, -0.2) is 0 Å². The van der Waals surface area contributed by atoms with E-state index >= 15 is 0 Å². The molecule has 0 spiro atoms. The van der Waals surface area contributed by atoms with E-state index in [0.717, 1.165) is 6.42 Å². The molecule has 6 heteroatoms. The highest BCUT2D eigenvalue weighted by Gasteiger charge is 2.41. The van der Waals surface area contributed by atoms with Crippen molar-refractivity contribution in [2.24, 2.45) is 11.8 Å². The number of benzene rings is 1. The second kappa shape index (κ2) is 5.27. The molecule has 0 bridgehead atoms. The molecule has 1 aliphatic heterocycles. The fourth-order valence-corrected chi connectivity index (χ4v) is 2.18. The van der Waals surface area contributed by atoms with Crippen LogP contribution in [0.1, 0.15) is 20.3 Å². The Morgan fingerprint density at radius 2 is 2.05 bits per heavy atom. The van der Waals surface area contributed by atoms with E-state index in [2.05, 4.69) is 5.32 Å². The smallest absolute Gasteiger partial charge is 0.309 e. The highest BCUT2D eigenvalue weighted by molar-refractivity contribution is 5.95. The van der Waals surface area contributed by atoms with E-state index in [1.54, 1.807) is 25.1 Å². The number of rotatable bonds is 4. The van der Waals surface area contributed by atoms with E-state index in [-0.39, 0.29) is 24.6 Å². The molecular weight excluding hydrogens is 274 g/mol. The number of fused-ring (bicyclic) bond motifs is 1. The molecule has 3 atom stereocenters. The van der Waals surface area contributed by atoms with Crippen molar-refractivity contribution in [1.82, 2.24) is 0 Å². The third-order valence-electron chi connectivity index (χ3n) is 3.71. The number of hydrogen-bond acceptors (Lipinski definition) is 5. The number of nitrogens with one attached hydrogen (secondary N) is 1. The van der Waals surface area contributed by atoms with Crippen LogP contribution in [0.15, 0.2) is 18.2 Å². The zero-order valence-electron chi connectivity index (χ0n) is 11.9. The molecule has 1 aromatic carbocycles. The van der Waals surface area contributed by atoms with E-state index in [0.29, 0.717) is 23.1 Å². The van der Waals surface area contributed by atoms with Crippen LogP contribution >= 0.6 is 0 Å². The van der Waals surface area contributed by atoms with Crippen LogP contribution in [0.3, 0.4) is 0 Å². The lowest BCUT2D eigenvalue weighted by Crippen LogP contribution is -2.30. The summed E-state index contributed by atoms with van der Waals surface area (Å²) < 4.78 is 15.6. The van der Waals surface area contributed by atoms with Crippen molar-refractivity contribution in [3.05, 3.63) is 18.2 Å². The molecule has 21 heavy (non-hydrogen) atoms. The number of hydrogen-bond donors (Lipinski definition) is 1. The van der Waals surface area contributed by atoms with Crippen molar-refractivity contribution < 1.29 is 23.8 Å². The van der Waals surface area contributed by atoms with Crippen molar-refractivity contribution in [2.45, 2.75) is 26.4 Å². The summed E-state index contributed by atoms with van der Waals surface area (Å²) in [4.78, 5) is 23.7. The van der Waals surface area contributed by atoms with Crippen LogP contribution in [0, 0.1) is 11.8 Å². The van der Waals surface area contributed by atoms with E-state index in [1.807, 2.05) is 6.92 Å². The summed E-state index contributed by atoms with van der Waals surface area (Å²) in [5.74, 6) is 0.887. The third kappa shape index (κ3) is 2.94. The summed E-state index contributed by atoms with van der Waals surface area (Å²) in [6.07, 6.45) is 0.0192. The van der Waals surface area contributed by atoms with Gasteiger partial charge in [-0.3, -0.25) is 9.59 Å². The van der Waals surface area contributed by atoms with Crippen LogP contribution in [-0.2, 0) is 14.3 Å². The molecule has 112 valence electrons. The minimum Gasteiger partial charge on any atom is -0.454 e. The second-order valence-electron chi connectivity index (χ2n) is 5.46. The first-order chi connectivity index (χ1) is 10.0. The molecule has 1 fully saturated rings. The maximum absolute atomic E-state index is 12.0. The largest absolute Gasteiger partial charge is 0.454 e. The Morgan fingerprint density at radius 1 is 1.33 bits per heavy atom. The van der Waals surface area contributed by atoms with Crippen molar-refractivity contribution in [1.29, 1.82) is 0 Å². The average molecular weight is 291 g/mol. The van der Waals surface area contributed by atoms with Crippen molar-refractivity contribution in [2.75, 3.05) is 12.1 Å². The zero-order valence-corrected chi connectivity index (χ0v) is 11.9. The number of ether oxygens (including phenoxy) is 3. The fraction of sp³-hybridized carbons (Fsp3) is 0.467. The Morgan fingerprint density at radius 3 is 2.76 bits per heavy atom. The lowest BCUT2D eigenvalue weighted by atomic mass is 10.2.